The third kappa shape index (κ3) is 7.88. The van der Waals surface area contributed by atoms with Crippen molar-refractivity contribution in [1.82, 2.24) is 10.2 Å². The molecule has 0 aliphatic heterocycles. The number of nitrogens with one attached hydrogen (secondary N) is 1. The van der Waals surface area contributed by atoms with Crippen LogP contribution in [-0.2, 0) is 22.6 Å². The van der Waals surface area contributed by atoms with E-state index >= 15 is 0 Å². The molecule has 2 amide bonds. The number of hydrogen-bond donors (Lipinski definition) is 1. The number of rotatable bonds is 11. The quantitative estimate of drug-likeness (QED) is 0.443. The summed E-state index contributed by atoms with van der Waals surface area (Å²) in [6.07, 6.45) is 0.402. The predicted octanol–water partition coefficient (Wildman–Crippen LogP) is 4.55. The van der Waals surface area contributed by atoms with Crippen LogP contribution in [0.15, 0.2) is 78.9 Å². The minimum absolute atomic E-state index is 0.0488. The highest BCUT2D eigenvalue weighted by Gasteiger charge is 2.31. The van der Waals surface area contributed by atoms with Crippen LogP contribution in [-0.4, -0.2) is 42.5 Å². The first kappa shape index (κ1) is 25.8. The normalized spacial score (nSPS) is 11.6. The van der Waals surface area contributed by atoms with Crippen LogP contribution in [0.1, 0.15) is 30.5 Å². The van der Waals surface area contributed by atoms with E-state index in [1.165, 1.54) is 0 Å². The van der Waals surface area contributed by atoms with E-state index in [0.717, 1.165) is 16.7 Å². The average molecular weight is 475 g/mol. The molecule has 0 heterocycles. The molecule has 3 rings (SSSR count). The monoisotopic (exact) mass is 474 g/mol. The molecular weight excluding hydrogens is 440 g/mol. The SMILES string of the molecule is COc1ccc(OCC(=O)N(Cc2cccc(C)c2)[C@@H](Cc2ccccc2)C(=O)NC(C)C)cc1. The van der Waals surface area contributed by atoms with Gasteiger partial charge in [-0.1, -0.05) is 60.2 Å². The van der Waals surface area contributed by atoms with Crippen LogP contribution in [0.25, 0.3) is 0 Å². The van der Waals surface area contributed by atoms with Gasteiger partial charge in [-0.2, -0.15) is 0 Å². The lowest BCUT2D eigenvalue weighted by Gasteiger charge is -2.32. The Balaban J connectivity index is 1.88. The number of aryl methyl sites for hydroxylation is 1. The van der Waals surface area contributed by atoms with Crippen LogP contribution in [0.2, 0.25) is 0 Å². The van der Waals surface area contributed by atoms with Gasteiger partial charge in [-0.3, -0.25) is 9.59 Å². The first-order chi connectivity index (χ1) is 16.9. The summed E-state index contributed by atoms with van der Waals surface area (Å²) in [5.74, 6) is 0.815. The van der Waals surface area contributed by atoms with Crippen molar-refractivity contribution in [2.45, 2.75) is 45.8 Å². The molecule has 3 aromatic rings. The largest absolute Gasteiger partial charge is 0.497 e. The molecule has 0 aliphatic carbocycles. The van der Waals surface area contributed by atoms with Crippen molar-refractivity contribution in [2.75, 3.05) is 13.7 Å². The summed E-state index contributed by atoms with van der Waals surface area (Å²) in [6, 6.07) is 24.0. The van der Waals surface area contributed by atoms with Gasteiger partial charge in [0, 0.05) is 19.0 Å². The average Bonchev–Trinajstić information content (AvgIpc) is 2.85. The molecule has 0 saturated carbocycles. The number of methoxy groups -OCH3 is 1. The third-order valence-electron chi connectivity index (χ3n) is 5.56. The molecule has 6 heteroatoms. The van der Waals surface area contributed by atoms with Crippen molar-refractivity contribution in [3.05, 3.63) is 95.6 Å². The van der Waals surface area contributed by atoms with Gasteiger partial charge >= 0.3 is 0 Å². The number of hydrogen-bond acceptors (Lipinski definition) is 4. The van der Waals surface area contributed by atoms with Crippen LogP contribution < -0.4 is 14.8 Å². The van der Waals surface area contributed by atoms with E-state index in [-0.39, 0.29) is 24.5 Å². The van der Waals surface area contributed by atoms with Crippen molar-refractivity contribution in [1.29, 1.82) is 0 Å². The molecule has 0 saturated heterocycles. The van der Waals surface area contributed by atoms with Crippen molar-refractivity contribution in [2.24, 2.45) is 0 Å². The van der Waals surface area contributed by atoms with E-state index in [4.69, 9.17) is 9.47 Å². The fraction of sp³-hybridized carbons (Fsp3) is 0.310. The van der Waals surface area contributed by atoms with E-state index < -0.39 is 6.04 Å². The molecule has 6 nitrogen and oxygen atoms in total. The highest BCUT2D eigenvalue weighted by atomic mass is 16.5. The Morgan fingerprint density at radius 2 is 1.54 bits per heavy atom. The standard InChI is InChI=1S/C29H34N2O4/c1-21(2)30-29(33)27(18-23-10-6-5-7-11-23)31(19-24-12-8-9-22(3)17-24)28(32)20-35-26-15-13-25(34-4)14-16-26/h5-17,21,27H,18-20H2,1-4H3,(H,30,33)/t27-/m0/s1. The van der Waals surface area contributed by atoms with Crippen LogP contribution in [0.5, 0.6) is 11.5 Å². The van der Waals surface area contributed by atoms with Gasteiger partial charge in [0.05, 0.1) is 7.11 Å². The first-order valence-electron chi connectivity index (χ1n) is 11.8. The topological polar surface area (TPSA) is 67.9 Å². The summed E-state index contributed by atoms with van der Waals surface area (Å²) in [6.45, 7) is 5.96. The van der Waals surface area contributed by atoms with Gasteiger partial charge in [0.15, 0.2) is 6.61 Å². The van der Waals surface area contributed by atoms with Crippen molar-refractivity contribution in [3.8, 4) is 11.5 Å². The van der Waals surface area contributed by atoms with Gasteiger partial charge < -0.3 is 19.7 Å². The fourth-order valence-corrected chi connectivity index (χ4v) is 3.84. The molecular formula is C29H34N2O4. The molecule has 184 valence electrons. The highest BCUT2D eigenvalue weighted by molar-refractivity contribution is 5.88. The van der Waals surface area contributed by atoms with Gasteiger partial charge in [0.25, 0.3) is 5.91 Å². The molecule has 0 bridgehead atoms. The summed E-state index contributed by atoms with van der Waals surface area (Å²) in [5.41, 5.74) is 3.03. The van der Waals surface area contributed by atoms with Crippen molar-refractivity contribution < 1.29 is 19.1 Å². The van der Waals surface area contributed by atoms with Crippen molar-refractivity contribution in [3.63, 3.8) is 0 Å². The molecule has 0 aromatic heterocycles. The highest BCUT2D eigenvalue weighted by Crippen LogP contribution is 2.19. The molecule has 1 N–H and O–H groups in total. The van der Waals surface area contributed by atoms with E-state index in [9.17, 15) is 9.59 Å². The summed E-state index contributed by atoms with van der Waals surface area (Å²) in [5, 5.41) is 2.99. The molecule has 35 heavy (non-hydrogen) atoms. The van der Waals surface area contributed by atoms with E-state index in [0.29, 0.717) is 24.5 Å². The number of nitrogens with zero attached hydrogens (tertiary/aromatic N) is 1. The zero-order chi connectivity index (χ0) is 25.2. The van der Waals surface area contributed by atoms with E-state index in [2.05, 4.69) is 5.32 Å². The molecule has 0 aliphatic rings. The van der Waals surface area contributed by atoms with Gasteiger partial charge in [-0.25, -0.2) is 0 Å². The lowest BCUT2D eigenvalue weighted by Crippen LogP contribution is -2.52. The second-order valence-corrected chi connectivity index (χ2v) is 8.84. The van der Waals surface area contributed by atoms with E-state index in [1.54, 1.807) is 36.3 Å². The Hall–Kier alpha value is -3.80. The third-order valence-corrected chi connectivity index (χ3v) is 5.56. The maximum Gasteiger partial charge on any atom is 0.261 e. The van der Waals surface area contributed by atoms with Gasteiger partial charge in [0.2, 0.25) is 5.91 Å². The molecule has 0 radical (unpaired) electrons. The van der Waals surface area contributed by atoms with E-state index in [1.807, 2.05) is 75.4 Å². The number of carbonyl (C=O) groups is 2. The minimum Gasteiger partial charge on any atom is -0.497 e. The summed E-state index contributed by atoms with van der Waals surface area (Å²) >= 11 is 0. The van der Waals surface area contributed by atoms with Crippen LogP contribution in [0.4, 0.5) is 0 Å². The lowest BCUT2D eigenvalue weighted by atomic mass is 10.0. The molecule has 0 unspecified atom stereocenters. The maximum atomic E-state index is 13.5. The van der Waals surface area contributed by atoms with Crippen LogP contribution in [0.3, 0.4) is 0 Å². The lowest BCUT2D eigenvalue weighted by molar-refractivity contribution is -0.143. The second kappa shape index (κ2) is 12.6. The Morgan fingerprint density at radius 1 is 0.886 bits per heavy atom. The molecule has 3 aromatic carbocycles. The predicted molar refractivity (Wildman–Crippen MR) is 137 cm³/mol. The number of ether oxygens (including phenoxy) is 2. The number of benzene rings is 3. The zero-order valence-electron chi connectivity index (χ0n) is 20.9. The molecule has 1 atom stereocenters. The summed E-state index contributed by atoms with van der Waals surface area (Å²) in [7, 11) is 1.59. The van der Waals surface area contributed by atoms with Crippen LogP contribution in [0, 0.1) is 6.92 Å². The van der Waals surface area contributed by atoms with Gasteiger partial charge in [-0.15, -0.1) is 0 Å². The van der Waals surface area contributed by atoms with Gasteiger partial charge in [-0.05, 0) is 56.2 Å². The number of carbonyl (C=O) groups excluding carboxylic acids is 2. The molecule has 0 spiro atoms. The van der Waals surface area contributed by atoms with Gasteiger partial charge in [0.1, 0.15) is 17.5 Å². The second-order valence-electron chi connectivity index (χ2n) is 8.84. The number of amides is 2. The summed E-state index contributed by atoms with van der Waals surface area (Å²) in [4.78, 5) is 28.5. The minimum atomic E-state index is -0.688. The van der Waals surface area contributed by atoms with Crippen molar-refractivity contribution >= 4 is 11.8 Å². The summed E-state index contributed by atoms with van der Waals surface area (Å²) < 4.78 is 11.0. The Morgan fingerprint density at radius 3 is 2.17 bits per heavy atom. The molecule has 0 fully saturated rings. The zero-order valence-corrected chi connectivity index (χ0v) is 20.9. The maximum absolute atomic E-state index is 13.5. The smallest absolute Gasteiger partial charge is 0.261 e. The first-order valence-corrected chi connectivity index (χ1v) is 11.8. The Bertz CT molecular complexity index is 1100. The Labute approximate surface area is 207 Å². The fourth-order valence-electron chi connectivity index (χ4n) is 3.84. The van der Waals surface area contributed by atoms with Crippen LogP contribution >= 0.6 is 0 Å². The Kier molecular flexibility index (Phi) is 9.30.